The molecule has 4 rings (SSSR count). The third-order valence-electron chi connectivity index (χ3n) is 11.2. The maximum atomic E-state index is 12.4. The van der Waals surface area contributed by atoms with Gasteiger partial charge in [0, 0.05) is 20.8 Å². The summed E-state index contributed by atoms with van der Waals surface area (Å²) in [6.45, 7) is -2.69. The fourth-order valence-electron chi connectivity index (χ4n) is 7.84. The van der Waals surface area contributed by atoms with E-state index in [0.29, 0.717) is 0 Å². The molecule has 0 bridgehead atoms. The van der Waals surface area contributed by atoms with Gasteiger partial charge in [-0.15, -0.1) is 0 Å². The van der Waals surface area contributed by atoms with Crippen molar-refractivity contribution in [2.24, 2.45) is 0 Å². The molecular formula is C36H63N3O26. The number of carbonyl (C=O) groups excluding carboxylic acids is 3. The molecule has 0 aromatic carbocycles. The lowest BCUT2D eigenvalue weighted by Gasteiger charge is -2.50. The van der Waals surface area contributed by atoms with Crippen molar-refractivity contribution in [1.29, 1.82) is 0 Å². The highest BCUT2D eigenvalue weighted by Crippen LogP contribution is 2.35. The predicted molar refractivity (Wildman–Crippen MR) is 204 cm³/mol. The van der Waals surface area contributed by atoms with E-state index < -0.39 is 204 Å². The SMILES string of the molecule is CC(=O)N[C@H]1[C@H](O[C@H]2[C@@H](O)[C@@H](CO)O[C@@H](O[C@H]3[C@H](O)[C@@H](NC(C)=O)[C@H](O[C@@H]([C@@H](O)[C@H](O)CO)[C@H](CO)NC(C)=O)O[C@@H]3CO)[C@@H]2O)O[C@H](CO)[C@@H](O[C@@H]2O[C@H](CO)[C@H](O)[C@H](O)[C@H]2O)[C@@H]1O. The minimum Gasteiger partial charge on any atom is -0.394 e. The summed E-state index contributed by atoms with van der Waals surface area (Å²) in [5, 5.41) is 165. The van der Waals surface area contributed by atoms with Gasteiger partial charge < -0.3 is 130 Å². The molecule has 0 spiro atoms. The fourth-order valence-corrected chi connectivity index (χ4v) is 7.84. The first-order valence-corrected chi connectivity index (χ1v) is 20.5. The summed E-state index contributed by atoms with van der Waals surface area (Å²) in [6.07, 6.45) is -39.3. The van der Waals surface area contributed by atoms with Crippen LogP contribution in [0.25, 0.3) is 0 Å². The lowest BCUT2D eigenvalue weighted by atomic mass is 9.94. The highest BCUT2D eigenvalue weighted by atomic mass is 16.8. The molecule has 24 atom stereocenters. The number of aliphatic hydroxyl groups is 15. The van der Waals surface area contributed by atoms with Crippen LogP contribution in [-0.4, -0.2) is 281 Å². The van der Waals surface area contributed by atoms with Gasteiger partial charge in [-0.3, -0.25) is 14.4 Å². The van der Waals surface area contributed by atoms with Crippen molar-refractivity contribution in [2.45, 2.75) is 168 Å². The number of aliphatic hydroxyl groups excluding tert-OH is 15. The largest absolute Gasteiger partial charge is 0.394 e. The van der Waals surface area contributed by atoms with Crippen LogP contribution in [0.5, 0.6) is 0 Å². The lowest BCUT2D eigenvalue weighted by Crippen LogP contribution is -2.70. The summed E-state index contributed by atoms with van der Waals surface area (Å²) in [7, 11) is 0. The molecule has 65 heavy (non-hydrogen) atoms. The average molecular weight is 954 g/mol. The number of hydrogen-bond acceptors (Lipinski definition) is 26. The maximum absolute atomic E-state index is 12.4. The third-order valence-corrected chi connectivity index (χ3v) is 11.2. The van der Waals surface area contributed by atoms with Crippen molar-refractivity contribution in [3.8, 4) is 0 Å². The van der Waals surface area contributed by atoms with E-state index in [9.17, 15) is 91.0 Å². The summed E-state index contributed by atoms with van der Waals surface area (Å²) in [4.78, 5) is 36.7. The zero-order chi connectivity index (χ0) is 48.6. The monoisotopic (exact) mass is 953 g/mol. The summed E-state index contributed by atoms with van der Waals surface area (Å²) in [5.41, 5.74) is 0. The van der Waals surface area contributed by atoms with Crippen molar-refractivity contribution in [1.82, 2.24) is 16.0 Å². The van der Waals surface area contributed by atoms with E-state index in [0.717, 1.165) is 20.8 Å². The lowest BCUT2D eigenvalue weighted by molar-refractivity contribution is -0.379. The second kappa shape index (κ2) is 24.7. The quantitative estimate of drug-likeness (QED) is 0.0539. The molecule has 0 radical (unpaired) electrons. The number of hydrogen-bond donors (Lipinski definition) is 18. The van der Waals surface area contributed by atoms with Gasteiger partial charge in [0.1, 0.15) is 116 Å². The Morgan fingerprint density at radius 3 is 1.37 bits per heavy atom. The molecule has 29 nitrogen and oxygen atoms in total. The van der Waals surface area contributed by atoms with Crippen LogP contribution < -0.4 is 16.0 Å². The minimum absolute atomic E-state index is 0.734. The number of ether oxygens (including phenoxy) is 8. The topological polar surface area (TPSA) is 465 Å². The molecule has 18 N–H and O–H groups in total. The van der Waals surface area contributed by atoms with Crippen LogP contribution >= 0.6 is 0 Å². The van der Waals surface area contributed by atoms with E-state index in [4.69, 9.17) is 37.9 Å². The Bertz CT molecular complexity index is 1510. The van der Waals surface area contributed by atoms with Gasteiger partial charge >= 0.3 is 0 Å². The predicted octanol–water partition coefficient (Wildman–Crippen LogP) is -11.9. The van der Waals surface area contributed by atoms with Gasteiger partial charge in [-0.05, 0) is 0 Å². The first-order valence-electron chi connectivity index (χ1n) is 20.5. The van der Waals surface area contributed by atoms with E-state index in [1.165, 1.54) is 0 Å². The molecule has 3 amide bonds. The Morgan fingerprint density at radius 2 is 0.923 bits per heavy atom. The normalized spacial score (nSPS) is 42.0. The van der Waals surface area contributed by atoms with Crippen molar-refractivity contribution in [3.05, 3.63) is 0 Å². The summed E-state index contributed by atoms with van der Waals surface area (Å²) >= 11 is 0. The van der Waals surface area contributed by atoms with Crippen LogP contribution in [0.2, 0.25) is 0 Å². The average Bonchev–Trinajstić information content (AvgIpc) is 3.26. The van der Waals surface area contributed by atoms with E-state index in [-0.39, 0.29) is 0 Å². The van der Waals surface area contributed by atoms with Crippen LogP contribution in [0.15, 0.2) is 0 Å². The van der Waals surface area contributed by atoms with Gasteiger partial charge in [0.2, 0.25) is 17.7 Å². The van der Waals surface area contributed by atoms with Crippen LogP contribution in [-0.2, 0) is 52.3 Å². The van der Waals surface area contributed by atoms with Gasteiger partial charge in [0.25, 0.3) is 0 Å². The number of rotatable bonds is 20. The Labute approximate surface area is 369 Å². The van der Waals surface area contributed by atoms with Gasteiger partial charge in [-0.2, -0.15) is 0 Å². The van der Waals surface area contributed by atoms with Crippen LogP contribution in [0.3, 0.4) is 0 Å². The molecule has 4 aliphatic heterocycles. The Kier molecular flexibility index (Phi) is 20.9. The zero-order valence-corrected chi connectivity index (χ0v) is 35.3. The Balaban J connectivity index is 1.61. The van der Waals surface area contributed by atoms with Crippen molar-refractivity contribution in [2.75, 3.05) is 39.6 Å². The molecule has 4 fully saturated rings. The van der Waals surface area contributed by atoms with Crippen LogP contribution in [0.1, 0.15) is 20.8 Å². The molecule has 0 unspecified atom stereocenters. The molecule has 4 heterocycles. The molecule has 0 aliphatic carbocycles. The molecular weight excluding hydrogens is 890 g/mol. The van der Waals surface area contributed by atoms with E-state index in [1.807, 2.05) is 0 Å². The van der Waals surface area contributed by atoms with Crippen LogP contribution in [0, 0.1) is 0 Å². The smallest absolute Gasteiger partial charge is 0.217 e. The molecule has 29 heteroatoms. The molecule has 378 valence electrons. The first-order chi connectivity index (χ1) is 30.7. The first kappa shape index (κ1) is 55.1. The Morgan fingerprint density at radius 1 is 0.492 bits per heavy atom. The maximum Gasteiger partial charge on any atom is 0.217 e. The van der Waals surface area contributed by atoms with Crippen molar-refractivity contribution < 1.29 is 129 Å². The molecule has 0 aromatic heterocycles. The second-order valence-electron chi connectivity index (χ2n) is 15.9. The summed E-state index contributed by atoms with van der Waals surface area (Å²) in [5.74, 6) is -2.37. The van der Waals surface area contributed by atoms with E-state index in [1.54, 1.807) is 0 Å². The van der Waals surface area contributed by atoms with Gasteiger partial charge in [0.05, 0.1) is 45.7 Å². The number of nitrogens with one attached hydrogen (secondary N) is 3. The van der Waals surface area contributed by atoms with Crippen molar-refractivity contribution >= 4 is 17.7 Å². The van der Waals surface area contributed by atoms with Gasteiger partial charge in [-0.25, -0.2) is 0 Å². The highest BCUT2D eigenvalue weighted by molar-refractivity contribution is 5.74. The standard InChI is InChI=1S/C36H63N3O26/c1-10(46)37-13(4-40)29(21(50)14(49)5-41)62-33-19(38-11(2)47)24(53)31(18(9-45)60-33)64-36-28(57)32(23(52)16(7-43)59-36)65-34-20(39-12(3)48)25(54)30(17(8-44)61-34)63-35-27(56)26(55)22(51)15(6-42)58-35/h13-36,40-45,49-57H,4-9H2,1-3H3,(H,37,46)(H,38,47)(H,39,48)/t13-,14+,15+,16+,17+,18+,19+,20+,21-,22-,23-,24+,25+,26-,27+,28+,29+,30+,31+,32-,33-,34-,35-,36-/m0/s1. The molecule has 4 saturated heterocycles. The van der Waals surface area contributed by atoms with E-state index in [2.05, 4.69) is 16.0 Å². The Hall–Kier alpha value is -2.51. The molecule has 0 saturated carbocycles. The van der Waals surface area contributed by atoms with Gasteiger partial charge in [-0.1, -0.05) is 0 Å². The summed E-state index contributed by atoms with van der Waals surface area (Å²) in [6, 6.07) is -4.94. The summed E-state index contributed by atoms with van der Waals surface area (Å²) < 4.78 is 45.9. The fraction of sp³-hybridized carbons (Fsp3) is 0.917. The third kappa shape index (κ3) is 13.0. The van der Waals surface area contributed by atoms with Gasteiger partial charge in [0.15, 0.2) is 25.2 Å². The van der Waals surface area contributed by atoms with E-state index >= 15 is 0 Å². The molecule has 0 aromatic rings. The second-order valence-corrected chi connectivity index (χ2v) is 15.9. The highest BCUT2D eigenvalue weighted by Gasteiger charge is 2.56. The number of carbonyl (C=O) groups is 3. The molecule has 4 aliphatic rings. The zero-order valence-electron chi connectivity index (χ0n) is 35.3. The minimum atomic E-state index is -2.18. The van der Waals surface area contributed by atoms with Crippen molar-refractivity contribution in [3.63, 3.8) is 0 Å². The van der Waals surface area contributed by atoms with Crippen LogP contribution in [0.4, 0.5) is 0 Å². The number of amides is 3.